The van der Waals surface area contributed by atoms with Crippen LogP contribution in [-0.2, 0) is 0 Å². The van der Waals surface area contributed by atoms with Gasteiger partial charge in [-0.3, -0.25) is 4.98 Å². The lowest BCUT2D eigenvalue weighted by atomic mass is 10.1. The summed E-state index contributed by atoms with van der Waals surface area (Å²) in [4.78, 5) is 12.3. The summed E-state index contributed by atoms with van der Waals surface area (Å²) in [5.74, 6) is 0. The molecule has 4 heteroatoms. The van der Waals surface area contributed by atoms with Crippen molar-refractivity contribution in [1.82, 2.24) is 15.0 Å². The third-order valence-electron chi connectivity index (χ3n) is 2.52. The predicted molar refractivity (Wildman–Crippen MR) is 67.8 cm³/mol. The molecule has 0 spiro atoms. The summed E-state index contributed by atoms with van der Waals surface area (Å²) in [7, 11) is 0. The van der Waals surface area contributed by atoms with Gasteiger partial charge in [0.25, 0.3) is 0 Å². The normalized spacial score (nSPS) is 10.6. The van der Waals surface area contributed by atoms with Gasteiger partial charge < -0.3 is 0 Å². The van der Waals surface area contributed by atoms with Crippen molar-refractivity contribution in [3.8, 4) is 11.3 Å². The quantitative estimate of drug-likeness (QED) is 0.614. The maximum absolute atomic E-state index is 5.78. The molecular weight excluding hydrogens is 234 g/mol. The maximum atomic E-state index is 5.78. The van der Waals surface area contributed by atoms with Gasteiger partial charge in [0, 0.05) is 23.3 Å². The minimum Gasteiger partial charge on any atom is -0.256 e. The zero-order valence-electron chi connectivity index (χ0n) is 8.84. The standard InChI is InChI=1S/C13H8ClN3/c14-13-16-7-5-12(17-13)10-3-4-11-9(8-10)2-1-6-15-11/h1-8H. The van der Waals surface area contributed by atoms with Crippen molar-refractivity contribution in [1.29, 1.82) is 0 Å². The van der Waals surface area contributed by atoms with E-state index in [4.69, 9.17) is 11.6 Å². The number of nitrogens with zero attached hydrogens (tertiary/aromatic N) is 3. The first-order chi connectivity index (χ1) is 8.33. The smallest absolute Gasteiger partial charge is 0.222 e. The Balaban J connectivity index is 2.18. The van der Waals surface area contributed by atoms with E-state index in [1.54, 1.807) is 12.4 Å². The number of hydrogen-bond acceptors (Lipinski definition) is 3. The summed E-state index contributed by atoms with van der Waals surface area (Å²) in [6.07, 6.45) is 3.43. The van der Waals surface area contributed by atoms with Crippen molar-refractivity contribution in [2.24, 2.45) is 0 Å². The Hall–Kier alpha value is -2.00. The molecule has 2 heterocycles. The molecule has 0 aliphatic carbocycles. The third-order valence-corrected chi connectivity index (χ3v) is 2.71. The van der Waals surface area contributed by atoms with E-state index >= 15 is 0 Å². The molecule has 3 nitrogen and oxygen atoms in total. The largest absolute Gasteiger partial charge is 0.256 e. The fraction of sp³-hybridized carbons (Fsp3) is 0. The van der Waals surface area contributed by atoms with Gasteiger partial charge in [-0.25, -0.2) is 9.97 Å². The van der Waals surface area contributed by atoms with E-state index in [9.17, 15) is 0 Å². The highest BCUT2D eigenvalue weighted by Crippen LogP contribution is 2.22. The Labute approximate surface area is 103 Å². The molecule has 82 valence electrons. The molecule has 0 amide bonds. The van der Waals surface area contributed by atoms with Crippen molar-refractivity contribution in [2.75, 3.05) is 0 Å². The van der Waals surface area contributed by atoms with Gasteiger partial charge in [-0.15, -0.1) is 0 Å². The predicted octanol–water partition coefficient (Wildman–Crippen LogP) is 3.35. The van der Waals surface area contributed by atoms with Crippen LogP contribution in [0.5, 0.6) is 0 Å². The zero-order valence-corrected chi connectivity index (χ0v) is 9.59. The highest BCUT2D eigenvalue weighted by molar-refractivity contribution is 6.28. The lowest BCUT2D eigenvalue weighted by Gasteiger charge is -2.02. The summed E-state index contributed by atoms with van der Waals surface area (Å²) in [6.45, 7) is 0. The molecule has 0 aliphatic rings. The average Bonchev–Trinajstić information content (AvgIpc) is 2.38. The number of hydrogen-bond donors (Lipinski definition) is 0. The summed E-state index contributed by atoms with van der Waals surface area (Å²) in [5, 5.41) is 1.34. The van der Waals surface area contributed by atoms with E-state index in [0.717, 1.165) is 22.2 Å². The second kappa shape index (κ2) is 4.11. The van der Waals surface area contributed by atoms with Crippen molar-refractivity contribution in [3.63, 3.8) is 0 Å². The molecule has 0 bridgehead atoms. The molecule has 0 unspecified atom stereocenters. The summed E-state index contributed by atoms with van der Waals surface area (Å²) in [5.41, 5.74) is 2.79. The molecule has 1 aromatic carbocycles. The van der Waals surface area contributed by atoms with Gasteiger partial charge in [-0.2, -0.15) is 0 Å². The molecular formula is C13H8ClN3. The minimum absolute atomic E-state index is 0.258. The SMILES string of the molecule is Clc1nccc(-c2ccc3ncccc3c2)n1. The first-order valence-corrected chi connectivity index (χ1v) is 5.54. The lowest BCUT2D eigenvalue weighted by Crippen LogP contribution is -1.87. The van der Waals surface area contributed by atoms with Gasteiger partial charge in [0.2, 0.25) is 5.28 Å². The number of rotatable bonds is 1. The van der Waals surface area contributed by atoms with E-state index in [1.165, 1.54) is 0 Å². The third kappa shape index (κ3) is 1.97. The van der Waals surface area contributed by atoms with E-state index in [-0.39, 0.29) is 5.28 Å². The highest BCUT2D eigenvalue weighted by Gasteiger charge is 2.02. The first-order valence-electron chi connectivity index (χ1n) is 5.17. The Morgan fingerprint density at radius 1 is 0.941 bits per heavy atom. The van der Waals surface area contributed by atoms with Gasteiger partial charge in [-0.1, -0.05) is 12.1 Å². The van der Waals surface area contributed by atoms with Crippen LogP contribution in [0.1, 0.15) is 0 Å². The molecule has 0 fully saturated rings. The number of halogens is 1. The van der Waals surface area contributed by atoms with E-state index in [1.807, 2.05) is 36.4 Å². The average molecular weight is 242 g/mol. The lowest BCUT2D eigenvalue weighted by molar-refractivity contribution is 1.17. The zero-order chi connectivity index (χ0) is 11.7. The van der Waals surface area contributed by atoms with Crippen LogP contribution in [0.15, 0.2) is 48.8 Å². The van der Waals surface area contributed by atoms with Crippen LogP contribution in [-0.4, -0.2) is 15.0 Å². The number of pyridine rings is 1. The van der Waals surface area contributed by atoms with Crippen LogP contribution in [0.2, 0.25) is 5.28 Å². The molecule has 3 rings (SSSR count). The van der Waals surface area contributed by atoms with Gasteiger partial charge >= 0.3 is 0 Å². The number of benzene rings is 1. The van der Waals surface area contributed by atoms with Crippen LogP contribution in [0.25, 0.3) is 22.2 Å². The van der Waals surface area contributed by atoms with Gasteiger partial charge in [0.15, 0.2) is 0 Å². The topological polar surface area (TPSA) is 38.7 Å². The fourth-order valence-corrected chi connectivity index (χ4v) is 1.88. The molecule has 0 radical (unpaired) electrons. The Morgan fingerprint density at radius 2 is 1.88 bits per heavy atom. The van der Waals surface area contributed by atoms with Gasteiger partial charge in [0.1, 0.15) is 0 Å². The molecule has 0 aliphatic heterocycles. The number of fused-ring (bicyclic) bond motifs is 1. The molecule has 0 N–H and O–H groups in total. The van der Waals surface area contributed by atoms with E-state index < -0.39 is 0 Å². The monoisotopic (exact) mass is 241 g/mol. The van der Waals surface area contributed by atoms with Crippen molar-refractivity contribution < 1.29 is 0 Å². The van der Waals surface area contributed by atoms with Gasteiger partial charge in [0.05, 0.1) is 11.2 Å². The van der Waals surface area contributed by atoms with Crippen molar-refractivity contribution in [3.05, 3.63) is 54.1 Å². The molecule has 0 saturated carbocycles. The molecule has 0 atom stereocenters. The second-order valence-electron chi connectivity index (χ2n) is 3.62. The number of aromatic nitrogens is 3. The molecule has 2 aromatic heterocycles. The fourth-order valence-electron chi connectivity index (χ4n) is 1.73. The second-order valence-corrected chi connectivity index (χ2v) is 3.96. The van der Waals surface area contributed by atoms with Crippen molar-refractivity contribution >= 4 is 22.5 Å². The summed E-state index contributed by atoms with van der Waals surface area (Å²) < 4.78 is 0. The highest BCUT2D eigenvalue weighted by atomic mass is 35.5. The van der Waals surface area contributed by atoms with Crippen LogP contribution < -0.4 is 0 Å². The molecule has 0 saturated heterocycles. The first kappa shape index (κ1) is 10.2. The maximum Gasteiger partial charge on any atom is 0.222 e. The minimum atomic E-state index is 0.258. The van der Waals surface area contributed by atoms with E-state index in [0.29, 0.717) is 0 Å². The Bertz CT molecular complexity index is 682. The summed E-state index contributed by atoms with van der Waals surface area (Å²) in [6, 6.07) is 11.8. The van der Waals surface area contributed by atoms with Crippen molar-refractivity contribution in [2.45, 2.75) is 0 Å². The molecule has 17 heavy (non-hydrogen) atoms. The van der Waals surface area contributed by atoms with E-state index in [2.05, 4.69) is 15.0 Å². The summed E-state index contributed by atoms with van der Waals surface area (Å²) >= 11 is 5.78. The Morgan fingerprint density at radius 3 is 2.76 bits per heavy atom. The Kier molecular flexibility index (Phi) is 2.46. The van der Waals surface area contributed by atoms with Gasteiger partial charge in [-0.05, 0) is 35.9 Å². The molecule has 3 aromatic rings. The van der Waals surface area contributed by atoms with Crippen LogP contribution in [0.3, 0.4) is 0 Å². The van der Waals surface area contributed by atoms with Crippen LogP contribution in [0, 0.1) is 0 Å². The van der Waals surface area contributed by atoms with Crippen LogP contribution in [0.4, 0.5) is 0 Å². The van der Waals surface area contributed by atoms with Crippen LogP contribution >= 0.6 is 11.6 Å².